The molecule has 0 aromatic heterocycles. The Labute approximate surface area is 120 Å². The van der Waals surface area contributed by atoms with Crippen molar-refractivity contribution in [3.63, 3.8) is 0 Å². The summed E-state index contributed by atoms with van der Waals surface area (Å²) in [7, 11) is 0. The number of aliphatic hydroxyl groups excluding tert-OH is 1. The van der Waals surface area contributed by atoms with Gasteiger partial charge in [0.1, 0.15) is 0 Å². The zero-order chi connectivity index (χ0) is 15.5. The third-order valence-corrected chi connectivity index (χ3v) is 3.06. The molecule has 112 valence electrons. The van der Waals surface area contributed by atoms with Gasteiger partial charge in [-0.1, -0.05) is 24.3 Å². The van der Waals surface area contributed by atoms with Crippen LogP contribution in [0.3, 0.4) is 0 Å². The molecule has 0 heterocycles. The number of hydrogen-bond donors (Lipinski definition) is 3. The van der Waals surface area contributed by atoms with E-state index >= 15 is 0 Å². The first-order valence-electron chi connectivity index (χ1n) is 6.29. The van der Waals surface area contributed by atoms with Crippen LogP contribution in [0.5, 0.6) is 0 Å². The number of aliphatic hydroxyl groups is 1. The van der Waals surface area contributed by atoms with E-state index in [1.165, 1.54) is 12.1 Å². The fraction of sp³-hybridized carbons (Fsp3) is 0.200. The molecule has 0 aliphatic carbocycles. The normalized spacial score (nSPS) is 11.4. The molecular weight excluding hydrogens is 281 g/mol. The number of nitrogen functional groups attached to an aromatic ring is 1. The van der Waals surface area contributed by atoms with Gasteiger partial charge >= 0.3 is 6.18 Å². The molecule has 0 fully saturated rings. The highest BCUT2D eigenvalue weighted by atomic mass is 19.4. The maximum atomic E-state index is 12.7. The van der Waals surface area contributed by atoms with Crippen molar-refractivity contribution in [3.05, 3.63) is 59.2 Å². The molecule has 0 atom stereocenters. The number of hydrogen-bond acceptors (Lipinski definition) is 3. The van der Waals surface area contributed by atoms with Gasteiger partial charge in [-0.3, -0.25) is 0 Å². The molecule has 3 nitrogen and oxygen atoms in total. The van der Waals surface area contributed by atoms with Gasteiger partial charge in [0.2, 0.25) is 0 Å². The second-order valence-electron chi connectivity index (χ2n) is 4.63. The number of rotatable bonds is 4. The van der Waals surface area contributed by atoms with E-state index in [9.17, 15) is 13.2 Å². The van der Waals surface area contributed by atoms with Gasteiger partial charge in [-0.25, -0.2) is 0 Å². The largest absolute Gasteiger partial charge is 0.418 e. The topological polar surface area (TPSA) is 58.3 Å². The third kappa shape index (κ3) is 3.88. The Balaban J connectivity index is 2.09. The van der Waals surface area contributed by atoms with Crippen molar-refractivity contribution >= 4 is 11.4 Å². The van der Waals surface area contributed by atoms with E-state index in [1.807, 2.05) is 0 Å². The van der Waals surface area contributed by atoms with Gasteiger partial charge in [-0.15, -0.1) is 0 Å². The molecule has 0 spiro atoms. The van der Waals surface area contributed by atoms with E-state index in [1.54, 1.807) is 24.3 Å². The van der Waals surface area contributed by atoms with Crippen LogP contribution < -0.4 is 11.1 Å². The quantitative estimate of drug-likeness (QED) is 0.758. The molecule has 6 heteroatoms. The summed E-state index contributed by atoms with van der Waals surface area (Å²) >= 11 is 0. The van der Waals surface area contributed by atoms with E-state index in [0.717, 1.165) is 17.2 Å². The van der Waals surface area contributed by atoms with Gasteiger partial charge in [-0.05, 0) is 29.3 Å². The lowest BCUT2D eigenvalue weighted by molar-refractivity contribution is -0.136. The minimum absolute atomic E-state index is 0.0411. The first kappa shape index (κ1) is 15.2. The summed E-state index contributed by atoms with van der Waals surface area (Å²) in [5.41, 5.74) is 6.24. The Hall–Kier alpha value is -2.21. The Morgan fingerprint density at radius 2 is 1.62 bits per heavy atom. The van der Waals surface area contributed by atoms with Crippen LogP contribution in [0.15, 0.2) is 42.5 Å². The first-order valence-corrected chi connectivity index (χ1v) is 6.29. The molecular formula is C15H15F3N2O. The molecule has 0 bridgehead atoms. The SMILES string of the molecule is Nc1ccc(NCc2ccc(CO)cc2)cc1C(F)(F)F. The molecule has 2 rings (SSSR count). The van der Waals surface area contributed by atoms with E-state index < -0.39 is 11.7 Å². The lowest BCUT2D eigenvalue weighted by Crippen LogP contribution is -2.10. The van der Waals surface area contributed by atoms with Gasteiger partial charge in [0, 0.05) is 17.9 Å². The van der Waals surface area contributed by atoms with Gasteiger partial charge in [0.15, 0.2) is 0 Å². The van der Waals surface area contributed by atoms with E-state index in [0.29, 0.717) is 12.2 Å². The highest BCUT2D eigenvalue weighted by molar-refractivity contribution is 5.58. The minimum atomic E-state index is -4.47. The van der Waals surface area contributed by atoms with E-state index in [4.69, 9.17) is 10.8 Å². The Bertz CT molecular complexity index is 609. The Kier molecular flexibility index (Phi) is 4.37. The van der Waals surface area contributed by atoms with Crippen LogP contribution in [0, 0.1) is 0 Å². The van der Waals surface area contributed by atoms with E-state index in [-0.39, 0.29) is 12.3 Å². The lowest BCUT2D eigenvalue weighted by atomic mass is 10.1. The van der Waals surface area contributed by atoms with E-state index in [2.05, 4.69) is 5.32 Å². The molecule has 0 radical (unpaired) electrons. The van der Waals surface area contributed by atoms with Crippen LogP contribution in [0.4, 0.5) is 24.5 Å². The molecule has 0 saturated heterocycles. The van der Waals surface area contributed by atoms with Gasteiger partial charge < -0.3 is 16.2 Å². The molecule has 2 aromatic rings. The van der Waals surface area contributed by atoms with Crippen molar-refractivity contribution in [2.45, 2.75) is 19.3 Å². The fourth-order valence-corrected chi connectivity index (χ4v) is 1.88. The summed E-state index contributed by atoms with van der Waals surface area (Å²) in [5, 5.41) is 11.9. The second kappa shape index (κ2) is 6.05. The van der Waals surface area contributed by atoms with Crippen molar-refractivity contribution in [3.8, 4) is 0 Å². The average molecular weight is 296 g/mol. The van der Waals surface area contributed by atoms with Crippen molar-refractivity contribution < 1.29 is 18.3 Å². The van der Waals surface area contributed by atoms with Crippen LogP contribution in [-0.4, -0.2) is 5.11 Å². The van der Waals surface area contributed by atoms with Crippen LogP contribution in [0.25, 0.3) is 0 Å². The van der Waals surface area contributed by atoms with Crippen molar-refractivity contribution in [1.82, 2.24) is 0 Å². The zero-order valence-electron chi connectivity index (χ0n) is 11.1. The van der Waals surface area contributed by atoms with Crippen LogP contribution >= 0.6 is 0 Å². The Morgan fingerprint density at radius 1 is 1.00 bits per heavy atom. The summed E-state index contributed by atoms with van der Waals surface area (Å²) < 4.78 is 38.2. The molecule has 0 aliphatic rings. The predicted octanol–water partition coefficient (Wildman–Crippen LogP) is 3.39. The van der Waals surface area contributed by atoms with Gasteiger partial charge in [0.05, 0.1) is 12.2 Å². The fourth-order valence-electron chi connectivity index (χ4n) is 1.88. The van der Waals surface area contributed by atoms with Crippen molar-refractivity contribution in [2.24, 2.45) is 0 Å². The predicted molar refractivity (Wildman–Crippen MR) is 75.5 cm³/mol. The van der Waals surface area contributed by atoms with Gasteiger partial charge in [-0.2, -0.15) is 13.2 Å². The van der Waals surface area contributed by atoms with Gasteiger partial charge in [0.25, 0.3) is 0 Å². The highest BCUT2D eigenvalue weighted by Gasteiger charge is 2.33. The number of benzene rings is 2. The number of halogens is 3. The van der Waals surface area contributed by atoms with Crippen LogP contribution in [0.1, 0.15) is 16.7 Å². The molecule has 0 saturated carbocycles. The average Bonchev–Trinajstić information content (AvgIpc) is 2.45. The molecule has 0 amide bonds. The maximum Gasteiger partial charge on any atom is 0.418 e. The molecule has 4 N–H and O–H groups in total. The second-order valence-corrected chi connectivity index (χ2v) is 4.63. The number of nitrogens with one attached hydrogen (secondary N) is 1. The van der Waals surface area contributed by atoms with Crippen LogP contribution in [-0.2, 0) is 19.3 Å². The maximum absolute atomic E-state index is 12.7. The first-order chi connectivity index (χ1) is 9.90. The van der Waals surface area contributed by atoms with Crippen molar-refractivity contribution in [2.75, 3.05) is 11.1 Å². The smallest absolute Gasteiger partial charge is 0.398 e. The monoisotopic (exact) mass is 296 g/mol. The van der Waals surface area contributed by atoms with Crippen LogP contribution in [0.2, 0.25) is 0 Å². The molecule has 0 unspecified atom stereocenters. The summed E-state index contributed by atoms with van der Waals surface area (Å²) in [6.07, 6.45) is -4.47. The highest BCUT2D eigenvalue weighted by Crippen LogP contribution is 2.35. The minimum Gasteiger partial charge on any atom is -0.398 e. The van der Waals surface area contributed by atoms with Crippen molar-refractivity contribution in [1.29, 1.82) is 0 Å². The number of anilines is 2. The summed E-state index contributed by atoms with van der Waals surface area (Å²) in [5.74, 6) is 0. The summed E-state index contributed by atoms with van der Waals surface area (Å²) in [6.45, 7) is 0.341. The summed E-state index contributed by atoms with van der Waals surface area (Å²) in [6, 6.07) is 10.9. The standard InChI is InChI=1S/C15H15F3N2O/c16-15(17,18)13-7-12(5-6-14(13)19)20-8-10-1-3-11(9-21)4-2-10/h1-7,20-21H,8-9,19H2. The molecule has 21 heavy (non-hydrogen) atoms. The molecule has 2 aromatic carbocycles. The summed E-state index contributed by atoms with van der Waals surface area (Å²) in [4.78, 5) is 0. The molecule has 0 aliphatic heterocycles. The zero-order valence-corrected chi connectivity index (χ0v) is 11.1. The Morgan fingerprint density at radius 3 is 2.19 bits per heavy atom. The lowest BCUT2D eigenvalue weighted by Gasteiger charge is -2.13. The third-order valence-electron chi connectivity index (χ3n) is 3.06. The number of nitrogens with two attached hydrogens (primary N) is 1. The number of alkyl halides is 3.